The first-order chi connectivity index (χ1) is 13.1. The van der Waals surface area contributed by atoms with Gasteiger partial charge in [0.05, 0.1) is 29.5 Å². The number of amides is 1. The van der Waals surface area contributed by atoms with Crippen molar-refractivity contribution in [1.82, 2.24) is 14.5 Å². The molecule has 0 N–H and O–H groups in total. The minimum absolute atomic E-state index is 0.144. The van der Waals surface area contributed by atoms with E-state index in [1.54, 1.807) is 0 Å². The van der Waals surface area contributed by atoms with Crippen LogP contribution in [0.25, 0.3) is 16.7 Å². The van der Waals surface area contributed by atoms with Crippen LogP contribution in [0.4, 0.5) is 0 Å². The topological polar surface area (TPSA) is 47.4 Å². The first-order valence-corrected chi connectivity index (χ1v) is 10.1. The van der Waals surface area contributed by atoms with Gasteiger partial charge in [0.2, 0.25) is 5.91 Å². The lowest BCUT2D eigenvalue weighted by atomic mass is 10.2. The van der Waals surface area contributed by atoms with Gasteiger partial charge in [-0.2, -0.15) is 0 Å². The van der Waals surface area contributed by atoms with Gasteiger partial charge in [-0.05, 0) is 38.1 Å². The van der Waals surface area contributed by atoms with Crippen LogP contribution < -0.4 is 0 Å². The molecule has 27 heavy (non-hydrogen) atoms. The Morgan fingerprint density at radius 2 is 1.81 bits per heavy atom. The highest BCUT2D eigenvalue weighted by Crippen LogP contribution is 2.31. The van der Waals surface area contributed by atoms with Crippen molar-refractivity contribution in [2.45, 2.75) is 24.3 Å². The van der Waals surface area contributed by atoms with Gasteiger partial charge in [-0.1, -0.05) is 41.6 Å². The van der Waals surface area contributed by atoms with Crippen LogP contribution in [0.2, 0.25) is 0 Å². The summed E-state index contributed by atoms with van der Waals surface area (Å²) in [5, 5.41) is 0.637. The molecule has 0 bridgehead atoms. The molecule has 0 saturated carbocycles. The number of rotatable bonds is 4. The molecule has 6 heteroatoms. The van der Waals surface area contributed by atoms with E-state index < -0.39 is 0 Å². The minimum atomic E-state index is -0.205. The quantitative estimate of drug-likeness (QED) is 0.647. The van der Waals surface area contributed by atoms with Gasteiger partial charge >= 0.3 is 0 Å². The Hall–Kier alpha value is -2.31. The lowest BCUT2D eigenvalue weighted by molar-refractivity contribution is -0.134. The van der Waals surface area contributed by atoms with Crippen LogP contribution >= 0.6 is 11.8 Å². The van der Waals surface area contributed by atoms with Gasteiger partial charge in [0.1, 0.15) is 0 Å². The Balaban J connectivity index is 1.67. The minimum Gasteiger partial charge on any atom is -0.378 e. The fraction of sp³-hybridized carbons (Fsp3) is 0.333. The summed E-state index contributed by atoms with van der Waals surface area (Å²) < 4.78 is 7.50. The second-order valence-corrected chi connectivity index (χ2v) is 8.06. The molecule has 1 amide bonds. The molecule has 5 nitrogen and oxygen atoms in total. The highest BCUT2D eigenvalue weighted by Gasteiger charge is 2.25. The largest absolute Gasteiger partial charge is 0.378 e. The van der Waals surface area contributed by atoms with Gasteiger partial charge in [-0.25, -0.2) is 4.98 Å². The number of morpholine rings is 1. The van der Waals surface area contributed by atoms with E-state index >= 15 is 0 Å². The number of thioether (sulfide) groups is 1. The van der Waals surface area contributed by atoms with Crippen LogP contribution in [0.15, 0.2) is 53.7 Å². The lowest BCUT2D eigenvalue weighted by Gasteiger charge is -2.29. The van der Waals surface area contributed by atoms with Gasteiger partial charge in [-0.15, -0.1) is 0 Å². The van der Waals surface area contributed by atoms with Crippen molar-refractivity contribution < 1.29 is 9.53 Å². The number of benzene rings is 2. The summed E-state index contributed by atoms with van der Waals surface area (Å²) in [6.07, 6.45) is 0. The average molecular weight is 382 g/mol. The molecule has 0 radical (unpaired) electrons. The van der Waals surface area contributed by atoms with E-state index in [-0.39, 0.29) is 11.2 Å². The van der Waals surface area contributed by atoms with Crippen molar-refractivity contribution in [1.29, 1.82) is 0 Å². The molecule has 1 aliphatic rings. The van der Waals surface area contributed by atoms with E-state index in [0.717, 1.165) is 21.9 Å². The highest BCUT2D eigenvalue weighted by molar-refractivity contribution is 8.00. The van der Waals surface area contributed by atoms with E-state index in [2.05, 4.69) is 41.8 Å². The Kier molecular flexibility index (Phi) is 5.18. The monoisotopic (exact) mass is 381 g/mol. The maximum absolute atomic E-state index is 12.8. The van der Waals surface area contributed by atoms with Gasteiger partial charge in [-0.3, -0.25) is 9.36 Å². The van der Waals surface area contributed by atoms with Crippen molar-refractivity contribution in [2.24, 2.45) is 0 Å². The van der Waals surface area contributed by atoms with E-state index in [0.29, 0.717) is 26.3 Å². The smallest absolute Gasteiger partial charge is 0.236 e. The SMILES string of the molecule is Cc1ccc(-n2c(S[C@@H](C)C(=O)N3CCOCC3)nc3ccccc32)cc1. The molecule has 1 fully saturated rings. The number of nitrogens with zero attached hydrogens (tertiary/aromatic N) is 3. The number of imidazole rings is 1. The number of fused-ring (bicyclic) bond motifs is 1. The van der Waals surface area contributed by atoms with Crippen molar-refractivity contribution in [3.05, 3.63) is 54.1 Å². The van der Waals surface area contributed by atoms with Gasteiger partial charge in [0.25, 0.3) is 0 Å². The number of aryl methyl sites for hydroxylation is 1. The van der Waals surface area contributed by atoms with E-state index in [4.69, 9.17) is 9.72 Å². The Labute approximate surface area is 163 Å². The third kappa shape index (κ3) is 3.73. The highest BCUT2D eigenvalue weighted by atomic mass is 32.2. The molecule has 0 spiro atoms. The summed E-state index contributed by atoms with van der Waals surface area (Å²) in [4.78, 5) is 19.5. The molecule has 0 aliphatic carbocycles. The van der Waals surface area contributed by atoms with Crippen molar-refractivity contribution in [2.75, 3.05) is 26.3 Å². The average Bonchev–Trinajstić information content (AvgIpc) is 3.06. The van der Waals surface area contributed by atoms with Crippen molar-refractivity contribution in [3.63, 3.8) is 0 Å². The maximum Gasteiger partial charge on any atom is 0.236 e. The molecule has 1 aromatic heterocycles. The summed E-state index contributed by atoms with van der Waals surface area (Å²) in [6.45, 7) is 6.60. The van der Waals surface area contributed by atoms with Crippen LogP contribution in [-0.4, -0.2) is 51.9 Å². The fourth-order valence-electron chi connectivity index (χ4n) is 3.28. The third-order valence-electron chi connectivity index (χ3n) is 4.77. The van der Waals surface area contributed by atoms with E-state index in [9.17, 15) is 4.79 Å². The molecular formula is C21H23N3O2S. The van der Waals surface area contributed by atoms with Crippen LogP contribution in [-0.2, 0) is 9.53 Å². The summed E-state index contributed by atoms with van der Waals surface area (Å²) >= 11 is 1.52. The van der Waals surface area contributed by atoms with Crippen molar-refractivity contribution >= 4 is 28.7 Å². The number of para-hydroxylation sites is 2. The van der Waals surface area contributed by atoms with Crippen molar-refractivity contribution in [3.8, 4) is 5.69 Å². The number of hydrogen-bond acceptors (Lipinski definition) is 4. The Morgan fingerprint density at radius 3 is 2.56 bits per heavy atom. The number of carbonyl (C=O) groups is 1. The lowest BCUT2D eigenvalue weighted by Crippen LogP contribution is -2.44. The van der Waals surface area contributed by atoms with Crippen LogP contribution in [0.3, 0.4) is 0 Å². The zero-order valence-electron chi connectivity index (χ0n) is 15.6. The normalized spacial score (nSPS) is 15.9. The Morgan fingerprint density at radius 1 is 1.11 bits per heavy atom. The molecule has 4 rings (SSSR count). The first kappa shape index (κ1) is 18.1. The molecule has 3 aromatic rings. The number of carbonyl (C=O) groups excluding carboxylic acids is 1. The molecule has 2 aromatic carbocycles. The predicted molar refractivity (Wildman–Crippen MR) is 109 cm³/mol. The predicted octanol–water partition coefficient (Wildman–Crippen LogP) is 3.67. The molecule has 140 valence electrons. The number of hydrogen-bond donors (Lipinski definition) is 0. The second-order valence-electron chi connectivity index (χ2n) is 6.75. The summed E-state index contributed by atoms with van der Waals surface area (Å²) in [7, 11) is 0. The summed E-state index contributed by atoms with van der Waals surface area (Å²) in [6, 6.07) is 16.5. The van der Waals surface area contributed by atoms with E-state index in [1.165, 1.54) is 17.3 Å². The van der Waals surface area contributed by atoms with Gasteiger partial charge < -0.3 is 9.64 Å². The maximum atomic E-state index is 12.8. The van der Waals surface area contributed by atoms with Gasteiger partial charge in [0, 0.05) is 18.8 Å². The second kappa shape index (κ2) is 7.74. The molecular weight excluding hydrogens is 358 g/mol. The van der Waals surface area contributed by atoms with Crippen LogP contribution in [0, 0.1) is 6.92 Å². The van der Waals surface area contributed by atoms with Crippen LogP contribution in [0.5, 0.6) is 0 Å². The zero-order chi connectivity index (χ0) is 18.8. The molecule has 0 unspecified atom stereocenters. The summed E-state index contributed by atoms with van der Waals surface area (Å²) in [5.41, 5.74) is 4.26. The molecule has 1 atom stereocenters. The summed E-state index contributed by atoms with van der Waals surface area (Å²) in [5.74, 6) is 0.144. The third-order valence-corrected chi connectivity index (χ3v) is 5.81. The number of aromatic nitrogens is 2. The van der Waals surface area contributed by atoms with E-state index in [1.807, 2.05) is 30.0 Å². The first-order valence-electron chi connectivity index (χ1n) is 9.21. The molecule has 1 saturated heterocycles. The zero-order valence-corrected chi connectivity index (χ0v) is 16.4. The molecule has 1 aliphatic heterocycles. The number of ether oxygens (including phenoxy) is 1. The van der Waals surface area contributed by atoms with Crippen LogP contribution in [0.1, 0.15) is 12.5 Å². The standard InChI is InChI=1S/C21H23N3O2S/c1-15-7-9-17(10-8-15)24-19-6-4-3-5-18(19)22-21(24)27-16(2)20(25)23-11-13-26-14-12-23/h3-10,16H,11-14H2,1-2H3/t16-/m0/s1. The van der Waals surface area contributed by atoms with Gasteiger partial charge in [0.15, 0.2) is 5.16 Å². The fourth-order valence-corrected chi connectivity index (χ4v) is 4.30. The Bertz CT molecular complexity index is 946. The molecule has 2 heterocycles.